The van der Waals surface area contributed by atoms with E-state index in [1.807, 2.05) is 34.6 Å². The molecule has 2 aromatic heterocycles. The number of aliphatic hydroxyl groups is 1. The Hall–Kier alpha value is -2.86. The fraction of sp³-hybridized carbons (Fsp3) is 0.815. The Bertz CT molecular complexity index is 2720. The van der Waals surface area contributed by atoms with E-state index in [1.165, 1.54) is 47.9 Å². The minimum absolute atomic E-state index is 0.0741. The number of nitrogens with one attached hydrogen (secondary N) is 2. The maximum absolute atomic E-state index is 13.2. The molecule has 2 aliphatic heterocycles. The van der Waals surface area contributed by atoms with Gasteiger partial charge in [0.05, 0.1) is 63.6 Å². The molecule has 2 saturated heterocycles. The Morgan fingerprint density at radius 3 is 1.40 bits per heavy atom. The van der Waals surface area contributed by atoms with Crippen molar-refractivity contribution in [1.29, 1.82) is 10.5 Å². The zero-order valence-corrected chi connectivity index (χ0v) is 55.4. The van der Waals surface area contributed by atoms with E-state index >= 15 is 0 Å². The minimum Gasteiger partial charge on any atom is -0.387 e. The number of nitriles is 2. The number of ether oxygens (including phenoxy) is 4. The molecule has 3 N–H and O–H groups in total. The van der Waals surface area contributed by atoms with Crippen LogP contribution in [0.1, 0.15) is 135 Å². The molecule has 0 aromatic carbocycles. The van der Waals surface area contributed by atoms with Crippen LogP contribution in [0, 0.1) is 34.5 Å². The second-order valence-corrected chi connectivity index (χ2v) is 31.3. The summed E-state index contributed by atoms with van der Waals surface area (Å²) in [5, 5.41) is 28.4. The predicted octanol–water partition coefficient (Wildman–Crippen LogP) is 7.97. The second kappa shape index (κ2) is 32.9. The molecule has 4 aliphatic rings. The molecule has 0 radical (unpaired) electrons. The van der Waals surface area contributed by atoms with Gasteiger partial charge < -0.3 is 46.7 Å². The summed E-state index contributed by atoms with van der Waals surface area (Å²) in [6.07, 6.45) is -1.57. The number of nitrogens with zero attached hydrogens (tertiary/aromatic N) is 7. The van der Waals surface area contributed by atoms with Gasteiger partial charge in [0.2, 0.25) is 14.7 Å². The first-order chi connectivity index (χ1) is 39.0. The predicted molar refractivity (Wildman–Crippen MR) is 320 cm³/mol. The highest BCUT2D eigenvalue weighted by atomic mass is 31.2. The van der Waals surface area contributed by atoms with E-state index in [-0.39, 0.29) is 48.3 Å². The van der Waals surface area contributed by atoms with Crippen LogP contribution in [0.15, 0.2) is 43.7 Å². The Morgan fingerprint density at radius 2 is 1.02 bits per heavy atom. The lowest BCUT2D eigenvalue weighted by Crippen LogP contribution is -2.43. The van der Waals surface area contributed by atoms with Crippen molar-refractivity contribution < 1.29 is 55.8 Å². The molecule has 2 saturated carbocycles. The van der Waals surface area contributed by atoms with Crippen molar-refractivity contribution >= 4 is 31.7 Å². The van der Waals surface area contributed by atoms with Gasteiger partial charge >= 0.3 is 11.4 Å². The van der Waals surface area contributed by atoms with Crippen LogP contribution in [-0.2, 0) is 50.7 Å². The number of H-pyrrole nitrogens is 2. The topological polar surface area (TPSA) is 304 Å². The maximum Gasteiger partial charge on any atom is 0.330 e. The first kappa shape index (κ1) is 72.6. The lowest BCUT2D eigenvalue weighted by molar-refractivity contribution is -0.0572. The minimum atomic E-state index is -2.90. The maximum atomic E-state index is 13.2. The third-order valence-corrected chi connectivity index (χ3v) is 24.8. The molecule has 9 unspecified atom stereocenters. The average Bonchev–Trinajstić information content (AvgIpc) is 3.00. The van der Waals surface area contributed by atoms with Gasteiger partial charge in [0.25, 0.3) is 19.6 Å². The summed E-state index contributed by atoms with van der Waals surface area (Å²) in [5.41, 5.74) is -2.70. The van der Waals surface area contributed by atoms with Gasteiger partial charge in [0.1, 0.15) is 24.4 Å². The fourth-order valence-corrected chi connectivity index (χ4v) is 19.5. The molecule has 4 fully saturated rings. The van der Waals surface area contributed by atoms with Gasteiger partial charge in [-0.25, -0.2) is 23.6 Å². The van der Waals surface area contributed by atoms with E-state index in [4.69, 9.17) is 52.1 Å². The molecule has 0 spiro atoms. The van der Waals surface area contributed by atoms with Gasteiger partial charge in [-0.3, -0.25) is 37.8 Å². The van der Waals surface area contributed by atoms with Crippen LogP contribution in [-0.4, -0.2) is 176 Å². The largest absolute Gasteiger partial charge is 0.387 e. The Kier molecular flexibility index (Phi) is 28.8. The van der Waals surface area contributed by atoms with Gasteiger partial charge in [-0.05, 0) is 110 Å². The second-order valence-electron chi connectivity index (χ2n) is 22.7. The van der Waals surface area contributed by atoms with Crippen LogP contribution in [0.2, 0.25) is 0 Å². The molecule has 25 nitrogen and oxygen atoms in total. The fourth-order valence-electron chi connectivity index (χ4n) is 11.1. The summed E-state index contributed by atoms with van der Waals surface area (Å²) in [7, 11) is -5.24. The molecule has 15 atom stereocenters. The summed E-state index contributed by atoms with van der Waals surface area (Å²) < 4.78 is 88.7. The van der Waals surface area contributed by atoms with E-state index < -0.39 is 103 Å². The van der Waals surface area contributed by atoms with Gasteiger partial charge in [0.15, 0.2) is 20.9 Å². The molecule has 4 heterocycles. The van der Waals surface area contributed by atoms with E-state index in [0.29, 0.717) is 63.3 Å². The van der Waals surface area contributed by atoms with Crippen molar-refractivity contribution in [3.05, 3.63) is 66.2 Å². The highest BCUT2D eigenvalue weighted by molar-refractivity contribution is 7.59. The first-order valence-corrected chi connectivity index (χ1v) is 35.3. The monoisotopic (exact) mass is 1250 g/mol. The summed E-state index contributed by atoms with van der Waals surface area (Å²) in [4.78, 5) is 52.0. The number of hydrogen-bond donors (Lipinski definition) is 3. The summed E-state index contributed by atoms with van der Waals surface area (Å²) in [5.74, 6) is -0.274. The molecule has 2 aromatic rings. The zero-order chi connectivity index (χ0) is 62.4. The quantitative estimate of drug-likeness (QED) is 0.0513. The molecule has 0 amide bonds. The van der Waals surface area contributed by atoms with E-state index in [2.05, 4.69) is 91.5 Å². The summed E-state index contributed by atoms with van der Waals surface area (Å²) >= 11 is 0. The van der Waals surface area contributed by atoms with Crippen molar-refractivity contribution in [3.8, 4) is 12.1 Å². The molecule has 29 heteroatoms. The molecular formula is C54H95N9O16P4. The number of rotatable bonds is 29. The summed E-state index contributed by atoms with van der Waals surface area (Å²) in [6, 6.07) is 8.53. The highest BCUT2D eigenvalue weighted by Crippen LogP contribution is 2.66. The molecule has 0 bridgehead atoms. The van der Waals surface area contributed by atoms with Crippen LogP contribution in [0.3, 0.4) is 0 Å². The van der Waals surface area contributed by atoms with Crippen LogP contribution in [0.25, 0.3) is 0 Å². The summed E-state index contributed by atoms with van der Waals surface area (Å²) in [6.45, 7) is 34.1. The van der Waals surface area contributed by atoms with E-state index in [0.717, 1.165) is 0 Å². The van der Waals surface area contributed by atoms with Gasteiger partial charge in [0, 0.05) is 111 Å². The highest BCUT2D eigenvalue weighted by Gasteiger charge is 2.62. The van der Waals surface area contributed by atoms with Crippen molar-refractivity contribution in [1.82, 2.24) is 33.1 Å². The van der Waals surface area contributed by atoms with Crippen molar-refractivity contribution in [3.63, 3.8) is 0 Å². The SMILES string of the molecule is CC(C)N(C(C)C)P(OCCC#N)N(C(C)C)C(C)C.CCOP(C)(=O)C1CC1[C@H]1O[C@@H](n2ccc(=O)[nH]c2=O)C(OC)[C@H]1O.CCOP(C)(=O)C1CC1[C@H]1O[C@@H](n2ccc(=O)[nH]c2=O)C(OC)[C@H]1OP(OCCC#N)N(C(C)C)C(C)C. The molecule has 472 valence electrons. The molecule has 83 heavy (non-hydrogen) atoms. The number of aliphatic hydroxyl groups excluding tert-OH is 1. The van der Waals surface area contributed by atoms with E-state index in [1.54, 1.807) is 20.3 Å². The third kappa shape index (κ3) is 19.1. The third-order valence-electron chi connectivity index (χ3n) is 14.5. The first-order valence-electron chi connectivity index (χ1n) is 28.7. The average molecular weight is 1250 g/mol. The van der Waals surface area contributed by atoms with Gasteiger partial charge in [-0.2, -0.15) is 10.5 Å². The molecular weight excluding hydrogens is 1150 g/mol. The number of hydrogen-bond acceptors (Lipinski definition) is 21. The van der Waals surface area contributed by atoms with Gasteiger partial charge in [-0.15, -0.1) is 0 Å². The molecule has 2 aliphatic carbocycles. The van der Waals surface area contributed by atoms with Crippen molar-refractivity contribution in [2.75, 3.05) is 54.0 Å². The molecule has 6 rings (SSSR count). The van der Waals surface area contributed by atoms with Crippen molar-refractivity contribution in [2.24, 2.45) is 11.8 Å². The van der Waals surface area contributed by atoms with Gasteiger partial charge in [-0.1, -0.05) is 0 Å². The number of methoxy groups -OCH3 is 2. The lowest BCUT2D eigenvalue weighted by Gasteiger charge is -2.45. The van der Waals surface area contributed by atoms with Crippen LogP contribution in [0.4, 0.5) is 0 Å². The lowest BCUT2D eigenvalue weighted by atomic mass is 10.1. The number of aromatic amines is 2. The Balaban J connectivity index is 0.000000285. The Labute approximate surface area is 492 Å². The zero-order valence-electron chi connectivity index (χ0n) is 51.8. The Morgan fingerprint density at radius 1 is 0.639 bits per heavy atom. The van der Waals surface area contributed by atoms with Crippen LogP contribution < -0.4 is 22.5 Å². The van der Waals surface area contributed by atoms with Crippen LogP contribution in [0.5, 0.6) is 0 Å². The normalized spacial score (nSPS) is 27.7. The van der Waals surface area contributed by atoms with E-state index in [9.17, 15) is 33.4 Å². The van der Waals surface area contributed by atoms with Crippen molar-refractivity contribution in [2.45, 2.75) is 219 Å². The number of aromatic nitrogens is 4. The standard InChI is InChI=1S/C24H40N4O8P2.C15H32N3OP.C15H23N2O7P/c1-8-34-38(7,31)18-14-17(18)20-21(36-37(33-13-9-11-25)28(15(2)3)16(4)5)22(32-6)23(35-20)27-12-10-19(29)26-24(27)30;1-12(2)17(13(3)4)20(19-11-9-10-16)18(14(5)6)15(7)8;1-4-23-25(3,21)9-7-8(9)12-11(19)13(22-2)14(24-12)17-6-5-10(18)16-15(17)20/h10,12,15-18,20-23H,8-9,13-14H2,1-7H3,(H,26,29,30);12-15H,9,11H2,1-8H3;5-6,8-9,11-14,19H,4,7H2,1-3H3,(H,16,18,20)/t17?,18?,20-,21+,22?,23-,37?,38?;;8?,9?,11-,12+,13?,14+,25?/m1.0/s1. The van der Waals surface area contributed by atoms with Crippen LogP contribution >= 0.6 is 31.7 Å². The smallest absolute Gasteiger partial charge is 0.330 e.